The van der Waals surface area contributed by atoms with E-state index in [0.29, 0.717) is 5.69 Å². The lowest BCUT2D eigenvalue weighted by molar-refractivity contribution is 0.0693. The van der Waals surface area contributed by atoms with Crippen molar-refractivity contribution in [3.8, 4) is 33.8 Å². The van der Waals surface area contributed by atoms with Crippen molar-refractivity contribution in [3.05, 3.63) is 89.9 Å². The van der Waals surface area contributed by atoms with Gasteiger partial charge in [0.1, 0.15) is 11.3 Å². The lowest BCUT2D eigenvalue weighted by Crippen LogP contribution is -2.10. The summed E-state index contributed by atoms with van der Waals surface area (Å²) in [7, 11) is 0. The molecule has 2 aromatic heterocycles. The second kappa shape index (κ2) is 6.63. The summed E-state index contributed by atoms with van der Waals surface area (Å²) in [5, 5.41) is 19.4. The second-order valence-electron chi connectivity index (χ2n) is 7.10. The summed E-state index contributed by atoms with van der Waals surface area (Å²) in [6.45, 7) is 0. The molecule has 0 saturated carbocycles. The lowest BCUT2D eigenvalue weighted by Gasteiger charge is -2.19. The number of carboxylic acid groups (broad SMARTS) is 1. The average Bonchev–Trinajstić information content (AvgIpc) is 3.15. The number of carboxylic acids is 1. The maximum absolute atomic E-state index is 11.6. The smallest absolute Gasteiger partial charge is 0.339 e. The van der Waals surface area contributed by atoms with Crippen molar-refractivity contribution in [2.24, 2.45) is 0 Å². The topological polar surface area (TPSA) is 75.3 Å². The van der Waals surface area contributed by atoms with Crippen LogP contribution in [0.3, 0.4) is 0 Å². The van der Waals surface area contributed by atoms with Crippen LogP contribution in [0, 0.1) is 0 Å². The molecule has 29 heavy (non-hydrogen) atoms. The van der Waals surface area contributed by atoms with Gasteiger partial charge in [-0.15, -0.1) is 0 Å². The molecule has 2 aromatic carbocycles. The van der Waals surface area contributed by atoms with E-state index in [1.807, 2.05) is 42.6 Å². The molecule has 2 heterocycles. The minimum Gasteiger partial charge on any atom is -0.507 e. The monoisotopic (exact) mass is 382 g/mol. The van der Waals surface area contributed by atoms with Crippen LogP contribution in [0.5, 0.6) is 5.75 Å². The Morgan fingerprint density at radius 3 is 2.55 bits per heavy atom. The number of aromatic nitrogens is 2. The standard InChI is InChI=1S/C24H18N2O3/c27-23-11-8-16(13-19(23)24(28)29)26-21-10-9-20-17(7-4-12-25-20)18(21)14-22(26)15-5-2-1-3-6-15/h1-8,11-14,27H,9-10H2,(H,28,29). The quantitative estimate of drug-likeness (QED) is 0.538. The molecule has 0 amide bonds. The second-order valence-corrected chi connectivity index (χ2v) is 7.10. The molecule has 2 N–H and O–H groups in total. The van der Waals surface area contributed by atoms with Crippen LogP contribution in [0.1, 0.15) is 21.7 Å². The summed E-state index contributed by atoms with van der Waals surface area (Å²) in [4.78, 5) is 16.1. The minimum absolute atomic E-state index is 0.109. The summed E-state index contributed by atoms with van der Waals surface area (Å²) in [5.41, 5.74) is 7.05. The van der Waals surface area contributed by atoms with Crippen molar-refractivity contribution in [1.82, 2.24) is 9.55 Å². The Morgan fingerprint density at radius 2 is 1.76 bits per heavy atom. The Hall–Kier alpha value is -3.86. The molecular formula is C24H18N2O3. The lowest BCUT2D eigenvalue weighted by atomic mass is 9.93. The number of aromatic hydroxyl groups is 1. The van der Waals surface area contributed by atoms with E-state index in [1.165, 1.54) is 12.1 Å². The largest absolute Gasteiger partial charge is 0.507 e. The highest BCUT2D eigenvalue weighted by Crippen LogP contribution is 2.40. The average molecular weight is 382 g/mol. The molecule has 0 spiro atoms. The number of benzene rings is 2. The predicted molar refractivity (Wildman–Crippen MR) is 110 cm³/mol. The van der Waals surface area contributed by atoms with E-state index in [2.05, 4.69) is 21.7 Å². The van der Waals surface area contributed by atoms with Crippen molar-refractivity contribution >= 4 is 5.97 Å². The highest BCUT2D eigenvalue weighted by Gasteiger charge is 2.25. The van der Waals surface area contributed by atoms with Crippen molar-refractivity contribution < 1.29 is 15.0 Å². The summed E-state index contributed by atoms with van der Waals surface area (Å²) < 4.78 is 2.10. The van der Waals surface area contributed by atoms with Crippen LogP contribution in [0.4, 0.5) is 0 Å². The van der Waals surface area contributed by atoms with Crippen molar-refractivity contribution in [2.45, 2.75) is 12.8 Å². The van der Waals surface area contributed by atoms with Crippen molar-refractivity contribution in [1.29, 1.82) is 0 Å². The molecule has 1 aliphatic carbocycles. The SMILES string of the molecule is O=C(O)c1cc(-n2c(-c3ccccc3)cc3c2CCc2ncccc2-3)ccc1O. The van der Waals surface area contributed by atoms with Gasteiger partial charge in [-0.3, -0.25) is 4.98 Å². The molecule has 5 rings (SSSR count). The molecule has 0 aliphatic heterocycles. The summed E-state index contributed by atoms with van der Waals surface area (Å²) in [6, 6.07) is 20.9. The minimum atomic E-state index is -1.15. The zero-order chi connectivity index (χ0) is 20.0. The van der Waals surface area contributed by atoms with E-state index in [0.717, 1.165) is 46.6 Å². The summed E-state index contributed by atoms with van der Waals surface area (Å²) in [5.74, 6) is -1.39. The Kier molecular flexibility index (Phi) is 3.95. The van der Waals surface area contributed by atoms with Crippen LogP contribution < -0.4 is 0 Å². The first-order valence-corrected chi connectivity index (χ1v) is 9.44. The molecule has 0 unspecified atom stereocenters. The Labute approximate surface area is 167 Å². The third-order valence-electron chi connectivity index (χ3n) is 5.42. The number of carbonyl (C=O) groups is 1. The van der Waals surface area contributed by atoms with Crippen LogP contribution in [0.25, 0.3) is 28.1 Å². The Bertz CT molecular complexity index is 1240. The van der Waals surface area contributed by atoms with Crippen molar-refractivity contribution in [3.63, 3.8) is 0 Å². The molecule has 142 valence electrons. The molecule has 0 fully saturated rings. The molecule has 5 heteroatoms. The van der Waals surface area contributed by atoms with Gasteiger partial charge in [-0.25, -0.2) is 4.79 Å². The fourth-order valence-corrected chi connectivity index (χ4v) is 4.10. The predicted octanol–water partition coefficient (Wildman–Crippen LogP) is 4.71. The molecule has 4 aromatic rings. The summed E-state index contributed by atoms with van der Waals surface area (Å²) in [6.07, 6.45) is 3.44. The summed E-state index contributed by atoms with van der Waals surface area (Å²) >= 11 is 0. The van der Waals surface area contributed by atoms with E-state index >= 15 is 0 Å². The van der Waals surface area contributed by atoms with E-state index in [9.17, 15) is 15.0 Å². The van der Waals surface area contributed by atoms with Crippen molar-refractivity contribution in [2.75, 3.05) is 0 Å². The number of fused-ring (bicyclic) bond motifs is 3. The number of hydrogen-bond acceptors (Lipinski definition) is 3. The fraction of sp³-hybridized carbons (Fsp3) is 0.0833. The van der Waals surface area contributed by atoms with Crippen LogP contribution in [-0.2, 0) is 12.8 Å². The van der Waals surface area contributed by atoms with Gasteiger partial charge in [0.15, 0.2) is 0 Å². The number of aromatic carboxylic acids is 1. The van der Waals surface area contributed by atoms with E-state index in [-0.39, 0.29) is 11.3 Å². The van der Waals surface area contributed by atoms with Crippen LogP contribution in [-0.4, -0.2) is 25.7 Å². The van der Waals surface area contributed by atoms with Gasteiger partial charge < -0.3 is 14.8 Å². The number of phenols is 1. The van der Waals surface area contributed by atoms with Crippen LogP contribution >= 0.6 is 0 Å². The number of aryl methyl sites for hydroxylation is 1. The normalized spacial score (nSPS) is 12.3. The van der Waals surface area contributed by atoms with Crippen LogP contribution in [0.2, 0.25) is 0 Å². The van der Waals surface area contributed by atoms with E-state index in [1.54, 1.807) is 6.07 Å². The number of rotatable bonds is 3. The van der Waals surface area contributed by atoms with E-state index in [4.69, 9.17) is 0 Å². The first-order chi connectivity index (χ1) is 14.1. The number of nitrogens with zero attached hydrogens (tertiary/aromatic N) is 2. The number of hydrogen-bond donors (Lipinski definition) is 2. The molecule has 0 bridgehead atoms. The first kappa shape index (κ1) is 17.3. The molecule has 0 saturated heterocycles. The van der Waals surface area contributed by atoms with Gasteiger partial charge in [0.05, 0.1) is 5.69 Å². The zero-order valence-electron chi connectivity index (χ0n) is 15.5. The van der Waals surface area contributed by atoms with Gasteiger partial charge in [0.25, 0.3) is 0 Å². The Morgan fingerprint density at radius 1 is 0.931 bits per heavy atom. The molecule has 0 atom stereocenters. The van der Waals surface area contributed by atoms with Gasteiger partial charge in [-0.05, 0) is 48.7 Å². The zero-order valence-corrected chi connectivity index (χ0v) is 15.5. The molecule has 0 radical (unpaired) electrons. The first-order valence-electron chi connectivity index (χ1n) is 9.44. The van der Waals surface area contributed by atoms with Gasteiger partial charge in [-0.2, -0.15) is 0 Å². The molecular weight excluding hydrogens is 364 g/mol. The third kappa shape index (κ3) is 2.79. The molecule has 1 aliphatic rings. The van der Waals surface area contributed by atoms with Gasteiger partial charge in [-0.1, -0.05) is 36.4 Å². The van der Waals surface area contributed by atoms with Gasteiger partial charge in [0, 0.05) is 34.4 Å². The fourth-order valence-electron chi connectivity index (χ4n) is 4.10. The van der Waals surface area contributed by atoms with Gasteiger partial charge in [0.2, 0.25) is 0 Å². The highest BCUT2D eigenvalue weighted by atomic mass is 16.4. The third-order valence-corrected chi connectivity index (χ3v) is 5.42. The maximum atomic E-state index is 11.6. The van der Waals surface area contributed by atoms with Gasteiger partial charge >= 0.3 is 5.97 Å². The maximum Gasteiger partial charge on any atom is 0.339 e. The molecule has 5 nitrogen and oxygen atoms in total. The number of pyridine rings is 1. The Balaban J connectivity index is 1.81. The highest BCUT2D eigenvalue weighted by molar-refractivity contribution is 5.91. The van der Waals surface area contributed by atoms with Crippen LogP contribution in [0.15, 0.2) is 72.9 Å². The van der Waals surface area contributed by atoms with E-state index < -0.39 is 5.97 Å².